The van der Waals surface area contributed by atoms with E-state index in [9.17, 15) is 25.3 Å². The molecule has 1 heterocycles. The molecule has 150 valence electrons. The third kappa shape index (κ3) is 3.85. The molecule has 0 bridgehead atoms. The Labute approximate surface area is 170 Å². The molecule has 10 heteroatoms. The van der Waals surface area contributed by atoms with E-state index >= 15 is 0 Å². The number of H-pyrrole nitrogens is 1. The van der Waals surface area contributed by atoms with E-state index in [1.807, 2.05) is 6.07 Å². The molecule has 0 radical (unpaired) electrons. The third-order valence-electron chi connectivity index (χ3n) is 4.45. The van der Waals surface area contributed by atoms with Gasteiger partial charge in [0.1, 0.15) is 11.6 Å². The molecule has 3 rings (SSSR count). The van der Waals surface area contributed by atoms with Crippen LogP contribution in [0.25, 0.3) is 11.3 Å². The molecule has 0 fully saturated rings. The Hall–Kier alpha value is -4.52. The zero-order chi connectivity index (χ0) is 21.8. The molecule has 30 heavy (non-hydrogen) atoms. The average molecular weight is 404 g/mol. The molecule has 0 aliphatic carbocycles. The Morgan fingerprint density at radius 3 is 2.67 bits per heavy atom. The fourth-order valence-corrected chi connectivity index (χ4v) is 2.83. The fourth-order valence-electron chi connectivity index (χ4n) is 2.83. The summed E-state index contributed by atoms with van der Waals surface area (Å²) in [6.07, 6.45) is 1.18. The van der Waals surface area contributed by atoms with Gasteiger partial charge in [-0.2, -0.15) is 10.4 Å². The van der Waals surface area contributed by atoms with Crippen molar-refractivity contribution in [3.8, 4) is 23.1 Å². The first-order chi connectivity index (χ1) is 14.3. The van der Waals surface area contributed by atoms with E-state index in [-0.39, 0.29) is 22.8 Å². The van der Waals surface area contributed by atoms with Gasteiger partial charge in [0.15, 0.2) is 0 Å². The molecular formula is C20H16N6O4. The highest BCUT2D eigenvalue weighted by Crippen LogP contribution is 2.34. The smallest absolute Gasteiger partial charge is 0.314 e. The van der Waals surface area contributed by atoms with E-state index in [0.717, 1.165) is 0 Å². The summed E-state index contributed by atoms with van der Waals surface area (Å²) in [6, 6.07) is 12.1. The van der Waals surface area contributed by atoms with E-state index < -0.39 is 21.9 Å². The summed E-state index contributed by atoms with van der Waals surface area (Å²) < 4.78 is 0. The van der Waals surface area contributed by atoms with Crippen LogP contribution in [0.4, 0.5) is 11.6 Å². The average Bonchev–Trinajstić information content (AvgIpc) is 2.72. The quantitative estimate of drug-likeness (QED) is 0.335. The number of nitriles is 1. The van der Waals surface area contributed by atoms with Crippen molar-refractivity contribution in [1.82, 2.24) is 9.97 Å². The number of nitro benzene ring substituents is 1. The molecule has 0 spiro atoms. The van der Waals surface area contributed by atoms with Gasteiger partial charge in [-0.15, -0.1) is 0 Å². The van der Waals surface area contributed by atoms with E-state index in [1.54, 1.807) is 50.2 Å². The molecule has 0 atom stereocenters. The summed E-state index contributed by atoms with van der Waals surface area (Å²) in [5, 5.41) is 34.6. The van der Waals surface area contributed by atoms with Crippen molar-refractivity contribution in [2.75, 3.05) is 5.43 Å². The molecule has 0 saturated heterocycles. The Bertz CT molecular complexity index is 1260. The van der Waals surface area contributed by atoms with Crippen LogP contribution in [0, 0.1) is 35.3 Å². The first-order valence-electron chi connectivity index (χ1n) is 8.70. The molecule has 0 saturated carbocycles. The molecule has 3 aromatic rings. The summed E-state index contributed by atoms with van der Waals surface area (Å²) >= 11 is 0. The van der Waals surface area contributed by atoms with E-state index in [1.165, 1.54) is 6.21 Å². The van der Waals surface area contributed by atoms with E-state index in [2.05, 4.69) is 20.5 Å². The van der Waals surface area contributed by atoms with Gasteiger partial charge >= 0.3 is 5.69 Å². The number of phenols is 1. The third-order valence-corrected chi connectivity index (χ3v) is 4.45. The summed E-state index contributed by atoms with van der Waals surface area (Å²) in [6.45, 7) is 3.22. The number of benzene rings is 2. The monoisotopic (exact) mass is 404 g/mol. The van der Waals surface area contributed by atoms with Crippen LogP contribution < -0.4 is 11.0 Å². The molecule has 0 aliphatic heterocycles. The highest BCUT2D eigenvalue weighted by Gasteiger charge is 2.22. The molecule has 1 aromatic heterocycles. The number of phenolic OH excluding ortho intramolecular Hbond substituents is 1. The van der Waals surface area contributed by atoms with Crippen molar-refractivity contribution in [3.05, 3.63) is 79.1 Å². The number of hydrogen-bond acceptors (Lipinski definition) is 8. The Kier molecular flexibility index (Phi) is 5.55. The van der Waals surface area contributed by atoms with Crippen LogP contribution in [-0.4, -0.2) is 26.2 Å². The van der Waals surface area contributed by atoms with Crippen LogP contribution in [0.15, 0.2) is 46.3 Å². The number of nitro groups is 1. The Morgan fingerprint density at radius 1 is 1.33 bits per heavy atom. The zero-order valence-electron chi connectivity index (χ0n) is 16.0. The number of aromatic amines is 1. The number of aromatic nitrogens is 2. The lowest BCUT2D eigenvalue weighted by atomic mass is 10.0. The predicted molar refractivity (Wildman–Crippen MR) is 110 cm³/mol. The highest BCUT2D eigenvalue weighted by molar-refractivity contribution is 5.87. The van der Waals surface area contributed by atoms with Crippen molar-refractivity contribution in [1.29, 1.82) is 5.26 Å². The molecule has 2 aromatic carbocycles. The van der Waals surface area contributed by atoms with Crippen LogP contribution in [0.1, 0.15) is 22.3 Å². The van der Waals surface area contributed by atoms with Crippen molar-refractivity contribution in [3.63, 3.8) is 0 Å². The van der Waals surface area contributed by atoms with Crippen LogP contribution in [0.3, 0.4) is 0 Å². The normalized spacial score (nSPS) is 10.7. The van der Waals surface area contributed by atoms with Gasteiger partial charge in [-0.1, -0.05) is 30.3 Å². The van der Waals surface area contributed by atoms with E-state index in [0.29, 0.717) is 16.7 Å². The topological polar surface area (TPSA) is 157 Å². The maximum absolute atomic E-state index is 12.2. The highest BCUT2D eigenvalue weighted by atomic mass is 16.6. The number of aromatic hydroxyl groups is 1. The number of hydrazone groups is 1. The zero-order valence-corrected chi connectivity index (χ0v) is 16.0. The van der Waals surface area contributed by atoms with Crippen LogP contribution in [0.2, 0.25) is 0 Å². The standard InChI is InChI=1S/C20H16N6O4/c1-11-8-14(18(27)17(12(11)2)26(29)30)10-22-25-20-23-16(13-6-4-3-5-7-13)15(9-21)19(28)24-20/h3-8,10,27H,1-2H3,(H2,23,24,25,28). The predicted octanol–water partition coefficient (Wildman–Crippen LogP) is 2.99. The Balaban J connectivity index is 1.97. The van der Waals surface area contributed by atoms with Gasteiger partial charge in [-0.05, 0) is 25.5 Å². The van der Waals surface area contributed by atoms with Crippen molar-refractivity contribution >= 4 is 17.9 Å². The number of rotatable bonds is 5. The molecule has 3 N–H and O–H groups in total. The minimum Gasteiger partial charge on any atom is -0.502 e. The molecule has 10 nitrogen and oxygen atoms in total. The summed E-state index contributed by atoms with van der Waals surface area (Å²) in [7, 11) is 0. The van der Waals surface area contributed by atoms with Gasteiger partial charge in [0.25, 0.3) is 5.56 Å². The number of nitrogens with one attached hydrogen (secondary N) is 2. The number of hydrogen-bond donors (Lipinski definition) is 3. The van der Waals surface area contributed by atoms with Gasteiger partial charge in [0.05, 0.1) is 16.8 Å². The Morgan fingerprint density at radius 2 is 2.03 bits per heavy atom. The lowest BCUT2D eigenvalue weighted by Gasteiger charge is -2.07. The molecular weight excluding hydrogens is 388 g/mol. The summed E-state index contributed by atoms with van der Waals surface area (Å²) in [4.78, 5) is 29.4. The van der Waals surface area contributed by atoms with Crippen molar-refractivity contribution in [2.45, 2.75) is 13.8 Å². The lowest BCUT2D eigenvalue weighted by Crippen LogP contribution is -2.16. The number of aryl methyl sites for hydroxylation is 1. The summed E-state index contributed by atoms with van der Waals surface area (Å²) in [5.41, 5.74) is 3.18. The first-order valence-corrected chi connectivity index (χ1v) is 8.70. The second-order valence-electron chi connectivity index (χ2n) is 6.35. The SMILES string of the molecule is Cc1cc(C=NNc2nc(-c3ccccc3)c(C#N)c(=O)[nH]2)c(O)c([N+](=O)[O-])c1C. The first kappa shape index (κ1) is 20.2. The lowest BCUT2D eigenvalue weighted by molar-refractivity contribution is -0.386. The summed E-state index contributed by atoms with van der Waals surface area (Å²) in [5.74, 6) is -0.549. The van der Waals surface area contributed by atoms with Gasteiger partial charge in [-0.25, -0.2) is 10.4 Å². The van der Waals surface area contributed by atoms with Crippen LogP contribution in [0.5, 0.6) is 5.75 Å². The molecule has 0 unspecified atom stereocenters. The van der Waals surface area contributed by atoms with E-state index in [4.69, 9.17) is 0 Å². The van der Waals surface area contributed by atoms with Crippen LogP contribution >= 0.6 is 0 Å². The largest absolute Gasteiger partial charge is 0.502 e. The number of anilines is 1. The van der Waals surface area contributed by atoms with Gasteiger partial charge in [-0.3, -0.25) is 19.9 Å². The van der Waals surface area contributed by atoms with Crippen LogP contribution in [-0.2, 0) is 0 Å². The second kappa shape index (κ2) is 8.24. The maximum atomic E-state index is 12.2. The van der Waals surface area contributed by atoms with Gasteiger partial charge in [0, 0.05) is 16.7 Å². The van der Waals surface area contributed by atoms with Gasteiger partial charge in [0.2, 0.25) is 11.7 Å². The van der Waals surface area contributed by atoms with Crippen molar-refractivity contribution < 1.29 is 10.0 Å². The molecule has 0 amide bonds. The minimum absolute atomic E-state index is 0.0353. The minimum atomic E-state index is -0.659. The fraction of sp³-hybridized carbons (Fsp3) is 0.100. The van der Waals surface area contributed by atoms with Crippen molar-refractivity contribution in [2.24, 2.45) is 5.10 Å². The number of nitrogens with zero attached hydrogens (tertiary/aromatic N) is 4. The maximum Gasteiger partial charge on any atom is 0.314 e. The van der Waals surface area contributed by atoms with Gasteiger partial charge < -0.3 is 5.11 Å². The second-order valence-corrected chi connectivity index (χ2v) is 6.35. The molecule has 0 aliphatic rings.